The number of fused-ring (bicyclic) bond motifs is 1. The van der Waals surface area contributed by atoms with Crippen molar-refractivity contribution in [2.24, 2.45) is 7.05 Å². The van der Waals surface area contributed by atoms with E-state index in [0.717, 1.165) is 53.2 Å². The van der Waals surface area contributed by atoms with Crippen LogP contribution in [-0.4, -0.2) is 39.9 Å². The van der Waals surface area contributed by atoms with Gasteiger partial charge in [-0.1, -0.05) is 36.5 Å². The third-order valence-corrected chi connectivity index (χ3v) is 5.91. The summed E-state index contributed by atoms with van der Waals surface area (Å²) >= 11 is 14.4. The van der Waals surface area contributed by atoms with E-state index in [1.54, 1.807) is 6.07 Å². The van der Waals surface area contributed by atoms with Gasteiger partial charge >= 0.3 is 0 Å². The third-order valence-electron chi connectivity index (χ3n) is 4.77. The van der Waals surface area contributed by atoms with E-state index in [4.69, 9.17) is 33.3 Å². The van der Waals surface area contributed by atoms with E-state index in [0.29, 0.717) is 10.0 Å². The van der Waals surface area contributed by atoms with Crippen molar-refractivity contribution in [1.29, 1.82) is 0 Å². The highest BCUT2D eigenvalue weighted by atomic mass is 35.5. The second-order valence-electron chi connectivity index (χ2n) is 6.91. The van der Waals surface area contributed by atoms with Crippen molar-refractivity contribution in [3.8, 4) is 11.3 Å². The van der Waals surface area contributed by atoms with Crippen molar-refractivity contribution in [3.05, 3.63) is 40.0 Å². The molecule has 0 radical (unpaired) electrons. The molecule has 0 aliphatic carbocycles. The minimum atomic E-state index is 0.586. The number of rotatable bonds is 8. The van der Waals surface area contributed by atoms with Crippen LogP contribution in [0.1, 0.15) is 25.5 Å². The monoisotopic (exact) mass is 436 g/mol. The number of halogens is 2. The summed E-state index contributed by atoms with van der Waals surface area (Å²) in [5.74, 6) is 1.08. The molecule has 4 nitrogen and oxygen atoms in total. The summed E-state index contributed by atoms with van der Waals surface area (Å²) in [4.78, 5) is 7.30. The molecule has 1 aromatic carbocycles. The van der Waals surface area contributed by atoms with E-state index in [-0.39, 0.29) is 0 Å². The summed E-state index contributed by atoms with van der Waals surface area (Å²) in [6.45, 7) is 6.29. The number of hydrogen-bond acceptors (Lipinski definition) is 4. The van der Waals surface area contributed by atoms with E-state index in [1.807, 2.05) is 42.5 Å². The molecule has 2 aromatic heterocycles. The van der Waals surface area contributed by atoms with Gasteiger partial charge < -0.3 is 4.90 Å². The second-order valence-corrected chi connectivity index (χ2v) is 8.74. The highest BCUT2D eigenvalue weighted by Gasteiger charge is 2.21. The SMILES string of the molecule is CCCCN(CCSC)c1cc(C)nc2c(-c3ccc(Cl)cc3Cl)nn(C)c12. The summed E-state index contributed by atoms with van der Waals surface area (Å²) in [5, 5.41) is 5.99. The lowest BCUT2D eigenvalue weighted by Crippen LogP contribution is -2.27. The lowest BCUT2D eigenvalue weighted by molar-refractivity contribution is 0.730. The van der Waals surface area contributed by atoms with Crippen LogP contribution in [0, 0.1) is 6.92 Å². The summed E-state index contributed by atoms with van der Waals surface area (Å²) < 4.78 is 1.93. The van der Waals surface area contributed by atoms with Crippen LogP contribution in [0.25, 0.3) is 22.3 Å². The first-order chi connectivity index (χ1) is 13.5. The minimum Gasteiger partial charge on any atom is -0.369 e. The Balaban J connectivity index is 2.18. The number of unbranched alkanes of at least 4 members (excludes halogenated alkanes) is 1. The molecule has 0 atom stereocenters. The van der Waals surface area contributed by atoms with E-state index >= 15 is 0 Å². The fourth-order valence-corrected chi connectivity index (χ4v) is 4.29. The van der Waals surface area contributed by atoms with Gasteiger partial charge in [-0.3, -0.25) is 4.68 Å². The van der Waals surface area contributed by atoms with Crippen molar-refractivity contribution in [3.63, 3.8) is 0 Å². The van der Waals surface area contributed by atoms with Gasteiger partial charge in [0.1, 0.15) is 16.7 Å². The number of nitrogens with zero attached hydrogens (tertiary/aromatic N) is 4. The molecule has 0 fully saturated rings. The molecule has 0 aliphatic heterocycles. The van der Waals surface area contributed by atoms with Crippen molar-refractivity contribution >= 4 is 51.7 Å². The van der Waals surface area contributed by atoms with Gasteiger partial charge in [-0.25, -0.2) is 4.98 Å². The van der Waals surface area contributed by atoms with Crippen molar-refractivity contribution < 1.29 is 0 Å². The van der Waals surface area contributed by atoms with E-state index in [9.17, 15) is 0 Å². The molecule has 150 valence electrons. The molecule has 0 saturated carbocycles. The first kappa shape index (κ1) is 21.3. The average molecular weight is 437 g/mol. The Morgan fingerprint density at radius 3 is 2.64 bits per heavy atom. The minimum absolute atomic E-state index is 0.586. The van der Waals surface area contributed by atoms with Gasteiger partial charge in [0, 0.05) is 42.2 Å². The topological polar surface area (TPSA) is 34.0 Å². The van der Waals surface area contributed by atoms with Crippen LogP contribution in [-0.2, 0) is 7.05 Å². The number of benzene rings is 1. The molecule has 0 bridgehead atoms. The number of anilines is 1. The summed E-state index contributed by atoms with van der Waals surface area (Å²) in [5.41, 5.74) is 5.74. The van der Waals surface area contributed by atoms with E-state index < -0.39 is 0 Å². The van der Waals surface area contributed by atoms with Crippen molar-refractivity contribution in [2.45, 2.75) is 26.7 Å². The van der Waals surface area contributed by atoms with Crippen molar-refractivity contribution in [1.82, 2.24) is 14.8 Å². The average Bonchev–Trinajstić information content (AvgIpc) is 2.97. The van der Waals surface area contributed by atoms with Crippen LogP contribution < -0.4 is 4.90 Å². The van der Waals surface area contributed by atoms with Crippen LogP contribution in [0.15, 0.2) is 24.3 Å². The Kier molecular flexibility index (Phi) is 7.13. The molecule has 0 saturated heterocycles. The molecule has 0 unspecified atom stereocenters. The van der Waals surface area contributed by atoms with Gasteiger partial charge in [0.25, 0.3) is 0 Å². The third kappa shape index (κ3) is 4.42. The van der Waals surface area contributed by atoms with E-state index in [2.05, 4.69) is 24.1 Å². The van der Waals surface area contributed by atoms with Gasteiger partial charge in [0.2, 0.25) is 0 Å². The van der Waals surface area contributed by atoms with Crippen LogP contribution in [0.5, 0.6) is 0 Å². The molecule has 0 N–H and O–H groups in total. The van der Waals surface area contributed by atoms with Crippen LogP contribution in [0.2, 0.25) is 10.0 Å². The van der Waals surface area contributed by atoms with Crippen LogP contribution in [0.4, 0.5) is 5.69 Å². The zero-order valence-electron chi connectivity index (χ0n) is 16.8. The molecule has 0 spiro atoms. The van der Waals surface area contributed by atoms with Gasteiger partial charge in [-0.15, -0.1) is 0 Å². The van der Waals surface area contributed by atoms with Crippen LogP contribution in [0.3, 0.4) is 0 Å². The number of thioether (sulfide) groups is 1. The molecule has 0 aliphatic rings. The quantitative estimate of drug-likeness (QED) is 0.419. The molecule has 7 heteroatoms. The van der Waals surface area contributed by atoms with Crippen molar-refractivity contribution in [2.75, 3.05) is 30.0 Å². The molecule has 2 heterocycles. The Hall–Kier alpha value is -1.43. The smallest absolute Gasteiger partial charge is 0.120 e. The zero-order valence-corrected chi connectivity index (χ0v) is 19.1. The van der Waals surface area contributed by atoms with E-state index in [1.165, 1.54) is 12.1 Å². The number of aryl methyl sites for hydroxylation is 2. The lowest BCUT2D eigenvalue weighted by Gasteiger charge is -2.25. The number of hydrogen-bond donors (Lipinski definition) is 0. The predicted octanol–water partition coefficient (Wildman–Crippen LogP) is 6.22. The molecular formula is C21H26Cl2N4S. The Morgan fingerprint density at radius 1 is 1.18 bits per heavy atom. The zero-order chi connectivity index (χ0) is 20.3. The maximum absolute atomic E-state index is 6.48. The number of aromatic nitrogens is 3. The molecule has 28 heavy (non-hydrogen) atoms. The predicted molar refractivity (Wildman–Crippen MR) is 124 cm³/mol. The second kappa shape index (κ2) is 9.38. The first-order valence-corrected chi connectivity index (χ1v) is 11.6. The van der Waals surface area contributed by atoms with Crippen LogP contribution >= 0.6 is 35.0 Å². The Labute approximate surface area is 181 Å². The fourth-order valence-electron chi connectivity index (χ4n) is 3.39. The molecule has 3 aromatic rings. The summed E-state index contributed by atoms with van der Waals surface area (Å²) in [6, 6.07) is 7.68. The van der Waals surface area contributed by atoms with Gasteiger partial charge in [-0.2, -0.15) is 16.9 Å². The largest absolute Gasteiger partial charge is 0.369 e. The maximum Gasteiger partial charge on any atom is 0.120 e. The van der Waals surface area contributed by atoms with Gasteiger partial charge in [-0.05, 0) is 43.9 Å². The molecule has 3 rings (SSSR count). The Morgan fingerprint density at radius 2 is 1.96 bits per heavy atom. The highest BCUT2D eigenvalue weighted by molar-refractivity contribution is 7.98. The fraction of sp³-hybridized carbons (Fsp3) is 0.429. The lowest BCUT2D eigenvalue weighted by atomic mass is 10.1. The van der Waals surface area contributed by atoms with Gasteiger partial charge in [0.05, 0.1) is 10.7 Å². The Bertz CT molecular complexity index is 963. The number of pyridine rings is 1. The first-order valence-electron chi connectivity index (χ1n) is 9.50. The summed E-state index contributed by atoms with van der Waals surface area (Å²) in [6.07, 6.45) is 4.47. The van der Waals surface area contributed by atoms with Gasteiger partial charge in [0.15, 0.2) is 0 Å². The maximum atomic E-state index is 6.48. The normalized spacial score (nSPS) is 11.4. The summed E-state index contributed by atoms with van der Waals surface area (Å²) in [7, 11) is 1.97. The standard InChI is InChI=1S/C21H26Cl2N4S/c1-5-6-9-27(10-11-28-4)18-12-14(2)24-20-19(25-26(3)21(18)20)16-8-7-15(22)13-17(16)23/h7-8,12-13H,5-6,9-11H2,1-4H3. The molecule has 0 amide bonds. The molecular weight excluding hydrogens is 411 g/mol. The highest BCUT2D eigenvalue weighted by Crippen LogP contribution is 2.37.